The van der Waals surface area contributed by atoms with Crippen LogP contribution in [0.3, 0.4) is 0 Å². The summed E-state index contributed by atoms with van der Waals surface area (Å²) in [6.45, 7) is -0.0167. The third-order valence-electron chi connectivity index (χ3n) is 1.72. The van der Waals surface area contributed by atoms with Gasteiger partial charge in [-0.3, -0.25) is 0 Å². The van der Waals surface area contributed by atoms with Crippen molar-refractivity contribution in [1.82, 2.24) is 4.98 Å². The van der Waals surface area contributed by atoms with Crippen LogP contribution in [0.1, 0.15) is 27.3 Å². The molecule has 82 valence electrons. The largest absolute Gasteiger partial charge is 0.478 e. The number of carboxylic acid groups (broad SMARTS) is 1. The fraction of sp³-hybridized carbons (Fsp3) is 0.333. The highest BCUT2D eigenvalue weighted by Gasteiger charge is 2.18. The second kappa shape index (κ2) is 5.16. The molecule has 1 heterocycles. The van der Waals surface area contributed by atoms with Crippen molar-refractivity contribution in [3.05, 3.63) is 23.5 Å². The van der Waals surface area contributed by atoms with Crippen LogP contribution in [-0.4, -0.2) is 40.3 Å². The molecule has 1 aromatic heterocycles. The van der Waals surface area contributed by atoms with Crippen LogP contribution < -0.4 is 0 Å². The van der Waals surface area contributed by atoms with Crippen LogP contribution >= 0.6 is 0 Å². The number of hydrogen-bond donors (Lipinski definition) is 3. The molecule has 0 saturated carbocycles. The number of aliphatic hydroxyl groups is 1. The molecule has 15 heavy (non-hydrogen) atoms. The van der Waals surface area contributed by atoms with Crippen LogP contribution in [0, 0.1) is 0 Å². The smallest absolute Gasteiger partial charge is 0.355 e. The van der Waals surface area contributed by atoms with Crippen LogP contribution in [0.15, 0.2) is 12.3 Å². The highest BCUT2D eigenvalue weighted by molar-refractivity contribution is 6.01. The minimum atomic E-state index is -1.19. The maximum Gasteiger partial charge on any atom is 0.355 e. The zero-order chi connectivity index (χ0) is 11.3. The maximum absolute atomic E-state index is 11.3. The lowest BCUT2D eigenvalue weighted by Gasteiger charge is -2.02. The standard InChI is InChI=1S/C9H11NO5/c11-4-1-5-15-9(14)7-6(8(12)13)2-3-10-7/h2-3,10-11H,1,4-5H2,(H,12,13). The lowest BCUT2D eigenvalue weighted by molar-refractivity contribution is 0.0466. The molecule has 0 radical (unpaired) electrons. The van der Waals surface area contributed by atoms with Gasteiger partial charge in [0.05, 0.1) is 12.2 Å². The highest BCUT2D eigenvalue weighted by Crippen LogP contribution is 2.08. The van der Waals surface area contributed by atoms with Gasteiger partial charge >= 0.3 is 11.9 Å². The Hall–Kier alpha value is -1.82. The van der Waals surface area contributed by atoms with Gasteiger partial charge in [0.1, 0.15) is 5.69 Å². The zero-order valence-electron chi connectivity index (χ0n) is 7.90. The Kier molecular flexibility index (Phi) is 3.87. The Labute approximate surface area is 85.5 Å². The second-order valence-corrected chi connectivity index (χ2v) is 2.78. The van der Waals surface area contributed by atoms with Gasteiger partial charge in [-0.15, -0.1) is 0 Å². The lowest BCUT2D eigenvalue weighted by Crippen LogP contribution is -2.12. The summed E-state index contributed by atoms with van der Waals surface area (Å²) >= 11 is 0. The van der Waals surface area contributed by atoms with E-state index >= 15 is 0 Å². The highest BCUT2D eigenvalue weighted by atomic mass is 16.5. The van der Waals surface area contributed by atoms with E-state index in [0.29, 0.717) is 6.42 Å². The number of carbonyl (C=O) groups is 2. The van der Waals surface area contributed by atoms with Crippen LogP contribution in [0.25, 0.3) is 0 Å². The van der Waals surface area contributed by atoms with Crippen LogP contribution in [0.5, 0.6) is 0 Å². The molecule has 0 atom stereocenters. The second-order valence-electron chi connectivity index (χ2n) is 2.78. The third-order valence-corrected chi connectivity index (χ3v) is 1.72. The zero-order valence-corrected chi connectivity index (χ0v) is 7.90. The van der Waals surface area contributed by atoms with Crippen molar-refractivity contribution in [2.75, 3.05) is 13.2 Å². The van der Waals surface area contributed by atoms with Gasteiger partial charge in [0.15, 0.2) is 0 Å². The Balaban J connectivity index is 2.65. The van der Waals surface area contributed by atoms with Crippen molar-refractivity contribution in [3.63, 3.8) is 0 Å². The van der Waals surface area contributed by atoms with Gasteiger partial charge in [0, 0.05) is 19.2 Å². The van der Waals surface area contributed by atoms with Crippen LogP contribution in [0.4, 0.5) is 0 Å². The van der Waals surface area contributed by atoms with Gasteiger partial charge in [-0.2, -0.15) is 0 Å². The molecule has 0 saturated heterocycles. The predicted molar refractivity (Wildman–Crippen MR) is 49.7 cm³/mol. The molecule has 0 bridgehead atoms. The number of carboxylic acids is 1. The Morgan fingerprint density at radius 3 is 2.80 bits per heavy atom. The Morgan fingerprint density at radius 1 is 1.47 bits per heavy atom. The number of aliphatic hydroxyl groups excluding tert-OH is 1. The van der Waals surface area contributed by atoms with E-state index in [0.717, 1.165) is 0 Å². The van der Waals surface area contributed by atoms with Gasteiger partial charge in [0.2, 0.25) is 0 Å². The van der Waals surface area contributed by atoms with Gasteiger partial charge in [0.25, 0.3) is 0 Å². The number of H-pyrrole nitrogens is 1. The summed E-state index contributed by atoms with van der Waals surface area (Å²) < 4.78 is 4.72. The molecule has 0 aliphatic rings. The van der Waals surface area contributed by atoms with Crippen molar-refractivity contribution in [1.29, 1.82) is 0 Å². The molecule has 0 spiro atoms. The number of rotatable bonds is 5. The number of ether oxygens (including phenoxy) is 1. The first-order valence-electron chi connectivity index (χ1n) is 4.35. The number of esters is 1. The first-order chi connectivity index (χ1) is 7.16. The minimum Gasteiger partial charge on any atom is -0.478 e. The summed E-state index contributed by atoms with van der Waals surface area (Å²) in [6.07, 6.45) is 1.68. The lowest BCUT2D eigenvalue weighted by atomic mass is 10.2. The molecular formula is C9H11NO5. The van der Waals surface area contributed by atoms with E-state index in [2.05, 4.69) is 4.98 Å². The number of aromatic carboxylic acids is 1. The quantitative estimate of drug-likeness (QED) is 0.481. The van der Waals surface area contributed by atoms with Gasteiger partial charge in [-0.05, 0) is 6.07 Å². The number of hydrogen-bond acceptors (Lipinski definition) is 4. The maximum atomic E-state index is 11.3. The molecule has 0 aliphatic carbocycles. The Bertz CT molecular complexity index is 357. The van der Waals surface area contributed by atoms with E-state index in [1.165, 1.54) is 12.3 Å². The van der Waals surface area contributed by atoms with E-state index in [-0.39, 0.29) is 24.5 Å². The minimum absolute atomic E-state index is 0.0629. The molecule has 0 unspecified atom stereocenters. The van der Waals surface area contributed by atoms with Crippen molar-refractivity contribution in [3.8, 4) is 0 Å². The van der Waals surface area contributed by atoms with Crippen molar-refractivity contribution >= 4 is 11.9 Å². The van der Waals surface area contributed by atoms with Crippen molar-refractivity contribution < 1.29 is 24.5 Å². The van der Waals surface area contributed by atoms with Crippen LogP contribution in [-0.2, 0) is 4.74 Å². The van der Waals surface area contributed by atoms with Gasteiger partial charge < -0.3 is 19.9 Å². The molecule has 0 fully saturated rings. The number of carbonyl (C=O) groups excluding carboxylic acids is 1. The number of aromatic nitrogens is 1. The van der Waals surface area contributed by atoms with Crippen molar-refractivity contribution in [2.24, 2.45) is 0 Å². The molecule has 0 amide bonds. The first-order valence-corrected chi connectivity index (χ1v) is 4.35. The summed E-state index contributed by atoms with van der Waals surface area (Å²) in [4.78, 5) is 24.5. The summed E-state index contributed by atoms with van der Waals surface area (Å²) in [5.74, 6) is -1.92. The topological polar surface area (TPSA) is 99.6 Å². The van der Waals surface area contributed by atoms with E-state index in [4.69, 9.17) is 14.9 Å². The molecule has 0 aromatic carbocycles. The molecule has 1 rings (SSSR count). The van der Waals surface area contributed by atoms with E-state index < -0.39 is 11.9 Å². The van der Waals surface area contributed by atoms with Gasteiger partial charge in [-0.25, -0.2) is 9.59 Å². The Morgan fingerprint density at radius 2 is 2.20 bits per heavy atom. The molecule has 3 N–H and O–H groups in total. The van der Waals surface area contributed by atoms with Crippen LogP contribution in [0.2, 0.25) is 0 Å². The number of nitrogens with one attached hydrogen (secondary N) is 1. The SMILES string of the molecule is O=C(O)c1cc[nH]c1C(=O)OCCCO. The van der Waals surface area contributed by atoms with Gasteiger partial charge in [-0.1, -0.05) is 0 Å². The fourth-order valence-corrected chi connectivity index (χ4v) is 1.02. The monoisotopic (exact) mass is 213 g/mol. The predicted octanol–water partition coefficient (Wildman–Crippen LogP) is 0.252. The number of aromatic amines is 1. The van der Waals surface area contributed by atoms with E-state index in [9.17, 15) is 9.59 Å². The average Bonchev–Trinajstić information content (AvgIpc) is 2.66. The van der Waals surface area contributed by atoms with Crippen molar-refractivity contribution in [2.45, 2.75) is 6.42 Å². The summed E-state index contributed by atoms with van der Waals surface area (Å²) in [7, 11) is 0. The summed E-state index contributed by atoms with van der Waals surface area (Å²) in [5, 5.41) is 17.2. The molecular weight excluding hydrogens is 202 g/mol. The average molecular weight is 213 g/mol. The third kappa shape index (κ3) is 2.81. The molecule has 1 aromatic rings. The molecule has 6 nitrogen and oxygen atoms in total. The normalized spacial score (nSPS) is 9.93. The first kappa shape index (κ1) is 11.3. The summed E-state index contributed by atoms with van der Waals surface area (Å²) in [5.41, 5.74) is -0.204. The van der Waals surface area contributed by atoms with E-state index in [1.807, 2.05) is 0 Å². The van der Waals surface area contributed by atoms with E-state index in [1.54, 1.807) is 0 Å². The fourth-order valence-electron chi connectivity index (χ4n) is 1.02. The molecule has 6 heteroatoms. The molecule has 0 aliphatic heterocycles. The summed E-state index contributed by atoms with van der Waals surface area (Å²) in [6, 6.07) is 1.28.